The quantitative estimate of drug-likeness (QED) is 0.908. The molecule has 0 saturated heterocycles. The summed E-state index contributed by atoms with van der Waals surface area (Å²) in [7, 11) is 2.07. The first kappa shape index (κ1) is 14.5. The Labute approximate surface area is 126 Å². The van der Waals surface area contributed by atoms with Gasteiger partial charge in [-0.15, -0.1) is 11.3 Å². The van der Waals surface area contributed by atoms with Crippen LogP contribution in [0.5, 0.6) is 0 Å². The number of hydrogen-bond donors (Lipinski definition) is 1. The van der Waals surface area contributed by atoms with E-state index in [9.17, 15) is 0 Å². The number of nitrogens with two attached hydrogens (primary N) is 1. The van der Waals surface area contributed by atoms with Gasteiger partial charge in [-0.1, -0.05) is 6.07 Å². The largest absolute Gasteiger partial charge is 0.354 e. The first-order valence-electron chi connectivity index (χ1n) is 6.20. The number of hydrogen-bond acceptors (Lipinski definition) is 4. The Kier molecular flexibility index (Phi) is 4.96. The van der Waals surface area contributed by atoms with Crippen molar-refractivity contribution in [3.05, 3.63) is 44.2 Å². The molecular weight excluding hydrogens is 322 g/mol. The topological polar surface area (TPSA) is 42.1 Å². The highest BCUT2D eigenvalue weighted by Gasteiger charge is 2.09. The fourth-order valence-electron chi connectivity index (χ4n) is 2.07. The Hall–Kier alpha value is -0.910. The van der Waals surface area contributed by atoms with Gasteiger partial charge in [0.15, 0.2) is 0 Å². The lowest BCUT2D eigenvalue weighted by atomic mass is 10.1. The number of pyridine rings is 1. The minimum atomic E-state index is 0.666. The molecule has 2 N–H and O–H groups in total. The Bertz CT molecular complexity index is 553. The third-order valence-corrected chi connectivity index (χ3v) is 4.60. The number of aromatic nitrogens is 1. The molecule has 0 atom stereocenters. The van der Waals surface area contributed by atoms with Crippen molar-refractivity contribution in [1.82, 2.24) is 4.98 Å². The average Bonchev–Trinajstić information content (AvgIpc) is 2.75. The Morgan fingerprint density at radius 2 is 2.21 bits per heavy atom. The summed E-state index contributed by atoms with van der Waals surface area (Å²) < 4.78 is 1.14. The molecule has 2 rings (SSSR count). The third-order valence-electron chi connectivity index (χ3n) is 2.92. The molecule has 0 fully saturated rings. The summed E-state index contributed by atoms with van der Waals surface area (Å²) in [6.45, 7) is 3.64. The van der Waals surface area contributed by atoms with Crippen molar-refractivity contribution in [1.29, 1.82) is 0 Å². The second-order valence-corrected chi connectivity index (χ2v) is 6.52. The van der Waals surface area contributed by atoms with Crippen molar-refractivity contribution in [3.8, 4) is 0 Å². The minimum Gasteiger partial charge on any atom is -0.354 e. The second-order valence-electron chi connectivity index (χ2n) is 4.61. The van der Waals surface area contributed by atoms with E-state index in [4.69, 9.17) is 5.73 Å². The first-order chi connectivity index (χ1) is 9.10. The highest BCUT2D eigenvalue weighted by Crippen LogP contribution is 2.24. The van der Waals surface area contributed by atoms with E-state index >= 15 is 0 Å². The van der Waals surface area contributed by atoms with Crippen LogP contribution >= 0.6 is 27.3 Å². The van der Waals surface area contributed by atoms with Crippen molar-refractivity contribution in [2.45, 2.75) is 19.9 Å². The predicted octanol–water partition coefficient (Wildman–Crippen LogP) is 3.35. The molecule has 0 aliphatic carbocycles. The summed E-state index contributed by atoms with van der Waals surface area (Å²) in [5, 5.41) is 2.10. The van der Waals surface area contributed by atoms with Crippen LogP contribution < -0.4 is 10.6 Å². The van der Waals surface area contributed by atoms with Gasteiger partial charge in [-0.3, -0.25) is 0 Å². The molecule has 0 amide bonds. The zero-order valence-corrected chi connectivity index (χ0v) is 13.6. The zero-order chi connectivity index (χ0) is 13.8. The van der Waals surface area contributed by atoms with E-state index in [2.05, 4.69) is 57.3 Å². The molecule has 0 spiro atoms. The van der Waals surface area contributed by atoms with Crippen molar-refractivity contribution >= 4 is 33.1 Å². The van der Waals surface area contributed by atoms with Gasteiger partial charge in [-0.05, 0) is 53.0 Å². The monoisotopic (exact) mass is 339 g/mol. The van der Waals surface area contributed by atoms with Gasteiger partial charge in [0.2, 0.25) is 0 Å². The smallest absolute Gasteiger partial charge is 0.131 e. The molecule has 0 radical (unpaired) electrons. The number of halogens is 1. The molecule has 0 aromatic carbocycles. The Balaban J connectivity index is 2.12. The lowest BCUT2D eigenvalue weighted by Crippen LogP contribution is -2.18. The SMILES string of the molecule is Cc1cc(CCN)cnc1N(C)Cc1cc(Br)cs1. The third kappa shape index (κ3) is 3.78. The highest BCUT2D eigenvalue weighted by molar-refractivity contribution is 9.10. The number of aryl methyl sites for hydroxylation is 1. The van der Waals surface area contributed by atoms with Crippen molar-refractivity contribution in [3.63, 3.8) is 0 Å². The molecule has 2 heterocycles. The molecular formula is C14H18BrN3S. The summed E-state index contributed by atoms with van der Waals surface area (Å²) in [5.74, 6) is 1.03. The van der Waals surface area contributed by atoms with Gasteiger partial charge in [0.05, 0.1) is 6.54 Å². The summed E-state index contributed by atoms with van der Waals surface area (Å²) in [6, 6.07) is 4.33. The molecule has 2 aromatic rings. The van der Waals surface area contributed by atoms with Gasteiger partial charge in [0, 0.05) is 28.0 Å². The van der Waals surface area contributed by atoms with Crippen molar-refractivity contribution < 1.29 is 0 Å². The number of rotatable bonds is 5. The Morgan fingerprint density at radius 3 is 2.79 bits per heavy atom. The van der Waals surface area contributed by atoms with Gasteiger partial charge in [0.1, 0.15) is 5.82 Å². The van der Waals surface area contributed by atoms with Crippen LogP contribution in [-0.2, 0) is 13.0 Å². The average molecular weight is 340 g/mol. The first-order valence-corrected chi connectivity index (χ1v) is 7.87. The van der Waals surface area contributed by atoms with Crippen LogP contribution in [-0.4, -0.2) is 18.6 Å². The van der Waals surface area contributed by atoms with E-state index in [0.29, 0.717) is 6.54 Å². The maximum atomic E-state index is 5.57. The Morgan fingerprint density at radius 1 is 1.42 bits per heavy atom. The fraction of sp³-hybridized carbons (Fsp3) is 0.357. The standard InChI is InChI=1S/C14H18BrN3S/c1-10-5-11(3-4-16)7-17-14(10)18(2)8-13-6-12(15)9-19-13/h5-7,9H,3-4,8,16H2,1-2H3. The maximum Gasteiger partial charge on any atom is 0.131 e. The molecule has 5 heteroatoms. The van der Waals surface area contributed by atoms with E-state index in [-0.39, 0.29) is 0 Å². The molecule has 3 nitrogen and oxygen atoms in total. The van der Waals surface area contributed by atoms with Crippen LogP contribution in [0.4, 0.5) is 5.82 Å². The lowest BCUT2D eigenvalue weighted by molar-refractivity contribution is 0.892. The van der Waals surface area contributed by atoms with Crippen LogP contribution in [0.3, 0.4) is 0 Å². The van der Waals surface area contributed by atoms with Crippen molar-refractivity contribution in [2.75, 3.05) is 18.5 Å². The number of anilines is 1. The molecule has 0 saturated carbocycles. The van der Waals surface area contributed by atoms with E-state index in [0.717, 1.165) is 23.3 Å². The fourth-order valence-corrected chi connectivity index (χ4v) is 3.58. The summed E-state index contributed by atoms with van der Waals surface area (Å²) in [6.07, 6.45) is 2.81. The van der Waals surface area contributed by atoms with Gasteiger partial charge >= 0.3 is 0 Å². The van der Waals surface area contributed by atoms with E-state index < -0.39 is 0 Å². The zero-order valence-electron chi connectivity index (χ0n) is 11.2. The number of nitrogens with zero attached hydrogens (tertiary/aromatic N) is 2. The molecule has 0 aliphatic heterocycles. The molecule has 0 bridgehead atoms. The van der Waals surface area contributed by atoms with E-state index in [1.54, 1.807) is 11.3 Å². The maximum absolute atomic E-state index is 5.57. The molecule has 102 valence electrons. The molecule has 19 heavy (non-hydrogen) atoms. The molecule has 2 aromatic heterocycles. The minimum absolute atomic E-state index is 0.666. The predicted molar refractivity (Wildman–Crippen MR) is 85.9 cm³/mol. The van der Waals surface area contributed by atoms with Crippen LogP contribution in [0.1, 0.15) is 16.0 Å². The van der Waals surface area contributed by atoms with Crippen LogP contribution in [0, 0.1) is 6.92 Å². The van der Waals surface area contributed by atoms with Gasteiger partial charge < -0.3 is 10.6 Å². The van der Waals surface area contributed by atoms with E-state index in [1.807, 2.05) is 6.20 Å². The van der Waals surface area contributed by atoms with E-state index in [1.165, 1.54) is 16.0 Å². The summed E-state index contributed by atoms with van der Waals surface area (Å²) in [4.78, 5) is 8.06. The normalized spacial score (nSPS) is 10.7. The lowest BCUT2D eigenvalue weighted by Gasteiger charge is -2.19. The van der Waals surface area contributed by atoms with Crippen LogP contribution in [0.25, 0.3) is 0 Å². The van der Waals surface area contributed by atoms with Gasteiger partial charge in [-0.25, -0.2) is 4.98 Å². The van der Waals surface area contributed by atoms with Crippen molar-refractivity contribution in [2.24, 2.45) is 5.73 Å². The second kappa shape index (κ2) is 6.50. The molecule has 0 aliphatic rings. The van der Waals surface area contributed by atoms with Crippen LogP contribution in [0.2, 0.25) is 0 Å². The van der Waals surface area contributed by atoms with Crippen LogP contribution in [0.15, 0.2) is 28.2 Å². The van der Waals surface area contributed by atoms with Gasteiger partial charge in [-0.2, -0.15) is 0 Å². The summed E-state index contributed by atoms with van der Waals surface area (Å²) in [5.41, 5.74) is 7.97. The van der Waals surface area contributed by atoms with Gasteiger partial charge in [0.25, 0.3) is 0 Å². The summed E-state index contributed by atoms with van der Waals surface area (Å²) >= 11 is 5.24. The highest BCUT2D eigenvalue weighted by atomic mass is 79.9. The number of thiophene rings is 1. The molecule has 0 unspecified atom stereocenters.